The molecule has 0 N–H and O–H groups in total. The van der Waals surface area contributed by atoms with Gasteiger partial charge in [0, 0.05) is 18.0 Å². The minimum Gasteiger partial charge on any atom is -0.332 e. The lowest BCUT2D eigenvalue weighted by atomic mass is 10.1. The van der Waals surface area contributed by atoms with Crippen molar-refractivity contribution < 1.29 is 4.79 Å². The van der Waals surface area contributed by atoms with Crippen LogP contribution in [0.2, 0.25) is 0 Å². The van der Waals surface area contributed by atoms with E-state index in [0.29, 0.717) is 31.4 Å². The van der Waals surface area contributed by atoms with E-state index in [1.165, 1.54) is 22.7 Å². The zero-order chi connectivity index (χ0) is 16.7. The third kappa shape index (κ3) is 2.40. The molecule has 1 aliphatic rings. The van der Waals surface area contributed by atoms with Crippen LogP contribution in [0, 0.1) is 0 Å². The topological polar surface area (TPSA) is 55.2 Å². The minimum absolute atomic E-state index is 0.0181. The Bertz CT molecular complexity index is 985. The van der Waals surface area contributed by atoms with E-state index in [-0.39, 0.29) is 11.5 Å². The van der Waals surface area contributed by atoms with E-state index in [2.05, 4.69) is 11.6 Å². The normalized spacial score (nSPS) is 13.9. The van der Waals surface area contributed by atoms with Crippen LogP contribution in [0.4, 0.5) is 0 Å². The van der Waals surface area contributed by atoms with Gasteiger partial charge in [-0.15, -0.1) is 29.3 Å². The number of carbonyl (C=O) groups is 1. The molecule has 1 aliphatic heterocycles. The first-order valence-electron chi connectivity index (χ1n) is 7.62. The largest absolute Gasteiger partial charge is 0.332 e. The van der Waals surface area contributed by atoms with Crippen molar-refractivity contribution in [3.63, 3.8) is 0 Å². The number of hydrogen-bond donors (Lipinski definition) is 0. The second-order valence-electron chi connectivity index (χ2n) is 5.63. The average Bonchev–Trinajstić information content (AvgIpc) is 3.23. The number of hydrogen-bond acceptors (Lipinski definition) is 5. The molecule has 0 atom stereocenters. The molecule has 0 radical (unpaired) electrons. The van der Waals surface area contributed by atoms with Crippen molar-refractivity contribution in [2.24, 2.45) is 0 Å². The molecule has 24 heavy (non-hydrogen) atoms. The molecular weight excluding hydrogens is 342 g/mol. The van der Waals surface area contributed by atoms with Crippen molar-refractivity contribution in [3.8, 4) is 0 Å². The number of fused-ring (bicyclic) bond motifs is 3. The van der Waals surface area contributed by atoms with E-state index in [1.54, 1.807) is 17.0 Å². The van der Waals surface area contributed by atoms with Crippen LogP contribution >= 0.6 is 22.7 Å². The summed E-state index contributed by atoms with van der Waals surface area (Å²) in [6, 6.07) is 3.74. The molecule has 0 bridgehead atoms. The van der Waals surface area contributed by atoms with Crippen LogP contribution in [-0.2, 0) is 19.5 Å². The maximum absolute atomic E-state index is 12.7. The highest BCUT2D eigenvalue weighted by molar-refractivity contribution is 7.18. The summed E-state index contributed by atoms with van der Waals surface area (Å²) in [5.41, 5.74) is 1.04. The van der Waals surface area contributed by atoms with Crippen LogP contribution < -0.4 is 5.56 Å². The van der Waals surface area contributed by atoms with Crippen LogP contribution in [0.5, 0.6) is 0 Å². The Balaban J connectivity index is 1.72. The second kappa shape index (κ2) is 5.99. The lowest BCUT2D eigenvalue weighted by Crippen LogP contribution is -2.35. The second-order valence-corrected chi connectivity index (χ2v) is 7.66. The molecule has 5 nitrogen and oxygen atoms in total. The van der Waals surface area contributed by atoms with Gasteiger partial charge in [-0.1, -0.05) is 12.1 Å². The lowest BCUT2D eigenvalue weighted by molar-refractivity contribution is 0.0742. The first kappa shape index (κ1) is 15.3. The van der Waals surface area contributed by atoms with Crippen LogP contribution in [0.1, 0.15) is 20.1 Å². The van der Waals surface area contributed by atoms with E-state index in [4.69, 9.17) is 0 Å². The number of rotatable bonds is 3. The fraction of sp³-hybridized carbons (Fsp3) is 0.235. The summed E-state index contributed by atoms with van der Waals surface area (Å²) in [5.74, 6) is 0.0603. The standard InChI is InChI=1S/C17H15N3O2S2/c1-2-6-20-10-18-15-14(17(20)22)11-5-7-19(9-13(11)24-15)16(21)12-4-3-8-23-12/h2-4,8,10H,1,5-7,9H2. The number of carbonyl (C=O) groups excluding carboxylic acids is 1. The smallest absolute Gasteiger partial charge is 0.264 e. The Labute approximate surface area is 146 Å². The Morgan fingerprint density at radius 2 is 2.33 bits per heavy atom. The molecule has 0 saturated carbocycles. The molecule has 3 aromatic heterocycles. The zero-order valence-corrected chi connectivity index (χ0v) is 14.5. The first-order valence-corrected chi connectivity index (χ1v) is 9.32. The summed E-state index contributed by atoms with van der Waals surface area (Å²) in [4.78, 5) is 34.1. The lowest BCUT2D eigenvalue weighted by Gasteiger charge is -2.26. The third-order valence-electron chi connectivity index (χ3n) is 4.17. The average molecular weight is 357 g/mol. The molecule has 0 unspecified atom stereocenters. The molecule has 0 saturated heterocycles. The molecule has 7 heteroatoms. The number of thiophene rings is 2. The molecular formula is C17H15N3O2S2. The van der Waals surface area contributed by atoms with Gasteiger partial charge in [-0.05, 0) is 23.4 Å². The van der Waals surface area contributed by atoms with Crippen molar-refractivity contribution in [3.05, 3.63) is 62.2 Å². The highest BCUT2D eigenvalue weighted by Gasteiger charge is 2.27. The summed E-state index contributed by atoms with van der Waals surface area (Å²) >= 11 is 2.98. The fourth-order valence-corrected chi connectivity index (χ4v) is 4.90. The SMILES string of the molecule is C=CCn1cnc2sc3c(c2c1=O)CCN(C(=O)c1cccs1)C3. The number of allylic oxidation sites excluding steroid dienone is 1. The van der Waals surface area contributed by atoms with Gasteiger partial charge in [0.1, 0.15) is 4.83 Å². The van der Waals surface area contributed by atoms with E-state index < -0.39 is 0 Å². The number of amides is 1. The Morgan fingerprint density at radius 3 is 3.08 bits per heavy atom. The molecule has 0 aromatic carbocycles. The molecule has 122 valence electrons. The Hall–Kier alpha value is -2.25. The van der Waals surface area contributed by atoms with Crippen LogP contribution in [0.15, 0.2) is 41.3 Å². The minimum atomic E-state index is -0.0181. The van der Waals surface area contributed by atoms with Gasteiger partial charge in [-0.3, -0.25) is 14.2 Å². The molecule has 3 aromatic rings. The maximum atomic E-state index is 12.7. The van der Waals surface area contributed by atoms with Gasteiger partial charge >= 0.3 is 0 Å². The number of aromatic nitrogens is 2. The third-order valence-corrected chi connectivity index (χ3v) is 6.15. The first-order chi connectivity index (χ1) is 11.7. The predicted molar refractivity (Wildman–Crippen MR) is 96.8 cm³/mol. The monoisotopic (exact) mass is 357 g/mol. The summed E-state index contributed by atoms with van der Waals surface area (Å²) in [6.07, 6.45) is 3.96. The fourth-order valence-electron chi connectivity index (χ4n) is 3.02. The van der Waals surface area contributed by atoms with E-state index in [9.17, 15) is 9.59 Å². The molecule has 4 heterocycles. The van der Waals surface area contributed by atoms with E-state index in [0.717, 1.165) is 20.1 Å². The molecule has 4 rings (SSSR count). The van der Waals surface area contributed by atoms with Crippen LogP contribution in [0.25, 0.3) is 10.2 Å². The maximum Gasteiger partial charge on any atom is 0.264 e. The highest BCUT2D eigenvalue weighted by Crippen LogP contribution is 2.33. The Morgan fingerprint density at radius 1 is 1.46 bits per heavy atom. The van der Waals surface area contributed by atoms with Crippen molar-refractivity contribution in [2.75, 3.05) is 6.54 Å². The van der Waals surface area contributed by atoms with Gasteiger partial charge in [-0.25, -0.2) is 4.98 Å². The van der Waals surface area contributed by atoms with Crippen molar-refractivity contribution >= 4 is 38.8 Å². The van der Waals surface area contributed by atoms with Crippen molar-refractivity contribution in [1.29, 1.82) is 0 Å². The van der Waals surface area contributed by atoms with Gasteiger partial charge in [0.2, 0.25) is 0 Å². The van der Waals surface area contributed by atoms with Gasteiger partial charge in [0.25, 0.3) is 11.5 Å². The molecule has 0 aliphatic carbocycles. The molecule has 0 spiro atoms. The van der Waals surface area contributed by atoms with Crippen LogP contribution in [0.3, 0.4) is 0 Å². The van der Waals surface area contributed by atoms with E-state index in [1.807, 2.05) is 22.4 Å². The van der Waals surface area contributed by atoms with Gasteiger partial charge in [0.15, 0.2) is 0 Å². The molecule has 0 fully saturated rings. The van der Waals surface area contributed by atoms with Crippen molar-refractivity contribution in [2.45, 2.75) is 19.5 Å². The molecule has 1 amide bonds. The quantitative estimate of drug-likeness (QED) is 0.677. The summed E-state index contributed by atoms with van der Waals surface area (Å²) in [7, 11) is 0. The zero-order valence-electron chi connectivity index (χ0n) is 12.9. The highest BCUT2D eigenvalue weighted by atomic mass is 32.1. The van der Waals surface area contributed by atoms with E-state index >= 15 is 0 Å². The predicted octanol–water partition coefficient (Wildman–Crippen LogP) is 2.90. The summed E-state index contributed by atoms with van der Waals surface area (Å²) < 4.78 is 1.57. The van der Waals surface area contributed by atoms with Gasteiger partial charge in [-0.2, -0.15) is 0 Å². The number of nitrogens with zero attached hydrogens (tertiary/aromatic N) is 3. The van der Waals surface area contributed by atoms with Gasteiger partial charge < -0.3 is 4.90 Å². The van der Waals surface area contributed by atoms with Gasteiger partial charge in [0.05, 0.1) is 23.1 Å². The van der Waals surface area contributed by atoms with Crippen molar-refractivity contribution in [1.82, 2.24) is 14.5 Å². The Kier molecular flexibility index (Phi) is 3.82. The van der Waals surface area contributed by atoms with Crippen LogP contribution in [-0.4, -0.2) is 26.9 Å². The summed E-state index contributed by atoms with van der Waals surface area (Å²) in [5, 5.41) is 2.62. The summed E-state index contributed by atoms with van der Waals surface area (Å²) in [6.45, 7) is 5.31.